The molecule has 3 heterocycles. The van der Waals surface area contributed by atoms with E-state index in [0.717, 1.165) is 12.8 Å². The molecule has 2 saturated heterocycles. The molecule has 4 aliphatic rings. The van der Waals surface area contributed by atoms with Crippen molar-refractivity contribution in [3.05, 3.63) is 86.6 Å². The number of carbonyl (C=O) groups is 3. The Morgan fingerprint density at radius 2 is 1.98 bits per heavy atom. The number of rotatable bonds is 6. The van der Waals surface area contributed by atoms with Crippen molar-refractivity contribution in [2.75, 3.05) is 30.4 Å². The van der Waals surface area contributed by atoms with E-state index in [4.69, 9.17) is 16.3 Å². The Morgan fingerprint density at radius 1 is 1.19 bits per heavy atom. The van der Waals surface area contributed by atoms with Gasteiger partial charge in [-0.2, -0.15) is 0 Å². The Labute approximate surface area is 254 Å². The van der Waals surface area contributed by atoms with Gasteiger partial charge in [0.1, 0.15) is 22.7 Å². The zero-order valence-electron chi connectivity index (χ0n) is 22.4. The van der Waals surface area contributed by atoms with Crippen LogP contribution in [-0.4, -0.2) is 54.0 Å². The molecule has 1 aliphatic carbocycles. The first-order valence-corrected chi connectivity index (χ1v) is 14.9. The van der Waals surface area contributed by atoms with Gasteiger partial charge in [-0.25, -0.2) is 9.18 Å². The molecule has 0 aromatic heterocycles. The lowest BCUT2D eigenvalue weighted by molar-refractivity contribution is -0.128. The minimum Gasteiger partial charge on any atom is -0.496 e. The minimum atomic E-state index is -1.33. The average molecular weight is 655 g/mol. The standard InChI is InChI=1S/C31H26BrClFN3O5/c1-42-24-12-17(8-9-18(24)29(39)40)36-14-23-25(28(36)38)26(19-3-2-4-21(32)27(19)34)31(37(23)13-15-5-6-15)20-10-7-16(33)11-22(20)35-30(31)41/h2-4,7-12,15,23,25-26H,5-6,13-14H2,1H3,(H,35,41)(H,39,40)/t23-,25+,26-,31+/m0/s1. The number of nitrogens with zero attached hydrogens (tertiary/aromatic N) is 2. The summed E-state index contributed by atoms with van der Waals surface area (Å²) in [7, 11) is 1.38. The molecule has 3 aromatic rings. The van der Waals surface area contributed by atoms with Crippen LogP contribution in [0.3, 0.4) is 0 Å². The number of fused-ring (bicyclic) bond motifs is 3. The highest BCUT2D eigenvalue weighted by Crippen LogP contribution is 2.62. The van der Waals surface area contributed by atoms with Crippen LogP contribution in [0.1, 0.15) is 40.2 Å². The first-order chi connectivity index (χ1) is 20.2. The van der Waals surface area contributed by atoms with Gasteiger partial charge in [0, 0.05) is 53.1 Å². The van der Waals surface area contributed by atoms with Crippen LogP contribution >= 0.6 is 27.5 Å². The Balaban J connectivity index is 1.43. The third-order valence-electron chi connectivity index (χ3n) is 9.18. The molecule has 2 N–H and O–H groups in total. The van der Waals surface area contributed by atoms with Gasteiger partial charge >= 0.3 is 5.97 Å². The summed E-state index contributed by atoms with van der Waals surface area (Å²) in [5, 5.41) is 13.0. The fraction of sp³-hybridized carbons (Fsp3) is 0.323. The molecular formula is C31H26BrClFN3O5. The van der Waals surface area contributed by atoms with E-state index in [1.165, 1.54) is 19.2 Å². The van der Waals surface area contributed by atoms with Crippen molar-refractivity contribution in [2.45, 2.75) is 30.3 Å². The molecule has 1 spiro atoms. The smallest absolute Gasteiger partial charge is 0.339 e. The van der Waals surface area contributed by atoms with E-state index in [-0.39, 0.29) is 39.7 Å². The Bertz CT molecular complexity index is 1680. The topological polar surface area (TPSA) is 99.2 Å². The SMILES string of the molecule is COc1cc(N2C[C@H]3[C@@H](C2=O)[C@H](c2cccc(Br)c2F)[C@]2(C(=O)Nc4cc(Cl)ccc42)N3CC2CC2)ccc1C(=O)O. The van der Waals surface area contributed by atoms with Gasteiger partial charge in [-0.15, -0.1) is 0 Å². The number of anilines is 2. The predicted molar refractivity (Wildman–Crippen MR) is 158 cm³/mol. The Hall–Kier alpha value is -3.47. The monoisotopic (exact) mass is 653 g/mol. The molecule has 4 atom stereocenters. The summed E-state index contributed by atoms with van der Waals surface area (Å²) in [6.07, 6.45) is 2.03. The number of methoxy groups -OCH3 is 1. The number of likely N-dealkylation sites (tertiary alicyclic amines) is 1. The third-order valence-corrected chi connectivity index (χ3v) is 10.0. The number of aromatic carboxylic acids is 1. The van der Waals surface area contributed by atoms with Crippen LogP contribution in [0.5, 0.6) is 5.75 Å². The molecule has 0 radical (unpaired) electrons. The number of carboxylic acids is 1. The second kappa shape index (κ2) is 9.79. The first-order valence-electron chi connectivity index (χ1n) is 13.7. The quantitative estimate of drug-likeness (QED) is 0.357. The van der Waals surface area contributed by atoms with Crippen LogP contribution in [0.2, 0.25) is 5.02 Å². The summed E-state index contributed by atoms with van der Waals surface area (Å²) in [6.45, 7) is 0.820. The van der Waals surface area contributed by atoms with Crippen LogP contribution in [0.15, 0.2) is 59.1 Å². The van der Waals surface area contributed by atoms with Crippen molar-refractivity contribution in [3.63, 3.8) is 0 Å². The van der Waals surface area contributed by atoms with Gasteiger partial charge in [0.25, 0.3) is 0 Å². The van der Waals surface area contributed by atoms with E-state index >= 15 is 4.39 Å². The number of halogens is 3. The van der Waals surface area contributed by atoms with Crippen molar-refractivity contribution < 1.29 is 28.6 Å². The molecule has 2 amide bonds. The van der Waals surface area contributed by atoms with Crippen LogP contribution in [0.25, 0.3) is 0 Å². The van der Waals surface area contributed by atoms with Gasteiger partial charge in [0.05, 0.1) is 17.5 Å². The van der Waals surface area contributed by atoms with Gasteiger partial charge in [-0.1, -0.05) is 29.8 Å². The molecule has 216 valence electrons. The molecule has 0 bridgehead atoms. The van der Waals surface area contributed by atoms with Crippen LogP contribution in [0, 0.1) is 17.7 Å². The number of hydrogen-bond donors (Lipinski definition) is 2. The average Bonchev–Trinajstić information content (AvgIpc) is 3.59. The van der Waals surface area contributed by atoms with Gasteiger partial charge in [-0.3, -0.25) is 14.5 Å². The van der Waals surface area contributed by atoms with Crippen LogP contribution < -0.4 is 15.0 Å². The zero-order valence-corrected chi connectivity index (χ0v) is 24.8. The van der Waals surface area contributed by atoms with E-state index in [2.05, 4.69) is 26.1 Å². The molecule has 42 heavy (non-hydrogen) atoms. The largest absolute Gasteiger partial charge is 0.496 e. The van der Waals surface area contributed by atoms with Gasteiger partial charge in [-0.05, 0) is 70.6 Å². The minimum absolute atomic E-state index is 0.0191. The van der Waals surface area contributed by atoms with Crippen molar-refractivity contribution in [3.8, 4) is 5.75 Å². The summed E-state index contributed by atoms with van der Waals surface area (Å²) >= 11 is 9.64. The fourth-order valence-corrected chi connectivity index (χ4v) is 7.83. The van der Waals surface area contributed by atoms with Crippen molar-refractivity contribution >= 4 is 56.7 Å². The van der Waals surface area contributed by atoms with Crippen LogP contribution in [0.4, 0.5) is 15.8 Å². The molecule has 3 aromatic carbocycles. The van der Waals surface area contributed by atoms with Gasteiger partial charge in [0.15, 0.2) is 0 Å². The molecular weight excluding hydrogens is 629 g/mol. The summed E-state index contributed by atoms with van der Waals surface area (Å²) in [4.78, 5) is 44.2. The molecule has 3 fully saturated rings. The molecule has 7 rings (SSSR count). The normalized spacial score (nSPS) is 26.5. The van der Waals surface area contributed by atoms with Gasteiger partial charge < -0.3 is 20.1 Å². The van der Waals surface area contributed by atoms with E-state index < -0.39 is 35.2 Å². The summed E-state index contributed by atoms with van der Waals surface area (Å²) in [5.41, 5.74) is 0.661. The summed E-state index contributed by atoms with van der Waals surface area (Å²) < 4.78 is 21.6. The van der Waals surface area contributed by atoms with Gasteiger partial charge in [0.2, 0.25) is 11.8 Å². The lowest BCUT2D eigenvalue weighted by atomic mass is 9.71. The lowest BCUT2D eigenvalue weighted by Crippen LogP contribution is -2.54. The Morgan fingerprint density at radius 3 is 2.69 bits per heavy atom. The summed E-state index contributed by atoms with van der Waals surface area (Å²) in [5.74, 6) is -3.33. The number of amides is 2. The van der Waals surface area contributed by atoms with E-state index in [9.17, 15) is 19.5 Å². The van der Waals surface area contributed by atoms with Crippen molar-refractivity contribution in [2.24, 2.45) is 11.8 Å². The number of benzene rings is 3. The number of hydrogen-bond acceptors (Lipinski definition) is 5. The van der Waals surface area contributed by atoms with Crippen LogP contribution in [-0.2, 0) is 15.1 Å². The molecule has 8 nitrogen and oxygen atoms in total. The number of nitrogens with one attached hydrogen (secondary N) is 1. The van der Waals surface area contributed by atoms with E-state index in [1.807, 2.05) is 6.07 Å². The predicted octanol–water partition coefficient (Wildman–Crippen LogP) is 5.64. The van der Waals surface area contributed by atoms with E-state index in [0.29, 0.717) is 34.4 Å². The molecule has 11 heteroatoms. The zero-order chi connectivity index (χ0) is 29.5. The summed E-state index contributed by atoms with van der Waals surface area (Å²) in [6, 6.07) is 14.3. The first kappa shape index (κ1) is 27.4. The lowest BCUT2D eigenvalue weighted by Gasteiger charge is -2.41. The third kappa shape index (κ3) is 3.84. The maximum absolute atomic E-state index is 16.1. The highest BCUT2D eigenvalue weighted by atomic mass is 79.9. The van der Waals surface area contributed by atoms with E-state index in [1.54, 1.807) is 41.3 Å². The van der Waals surface area contributed by atoms with Crippen molar-refractivity contribution in [1.82, 2.24) is 4.90 Å². The maximum Gasteiger partial charge on any atom is 0.339 e. The second-order valence-corrected chi connectivity index (χ2v) is 12.6. The van der Waals surface area contributed by atoms with Crippen molar-refractivity contribution in [1.29, 1.82) is 0 Å². The Kier molecular flexibility index (Phi) is 6.38. The second-order valence-electron chi connectivity index (χ2n) is 11.4. The highest BCUT2D eigenvalue weighted by Gasteiger charge is 2.71. The fourth-order valence-electron chi connectivity index (χ4n) is 7.27. The number of carboxylic acid groups (broad SMARTS) is 1. The number of carbonyl (C=O) groups excluding carboxylic acids is 2. The highest BCUT2D eigenvalue weighted by molar-refractivity contribution is 9.10. The number of ether oxygens (including phenoxy) is 1. The molecule has 3 aliphatic heterocycles. The molecule has 1 saturated carbocycles. The molecule has 0 unspecified atom stereocenters. The maximum atomic E-state index is 16.1.